The van der Waals surface area contributed by atoms with E-state index in [1.807, 2.05) is 25.2 Å². The molecule has 0 spiro atoms. The summed E-state index contributed by atoms with van der Waals surface area (Å²) in [4.78, 5) is 17.0. The maximum absolute atomic E-state index is 4.31. The fourth-order valence-electron chi connectivity index (χ4n) is 2.54. The number of nitrogens with zero attached hydrogens (tertiary/aromatic N) is 6. The third-order valence-corrected chi connectivity index (χ3v) is 3.86. The van der Waals surface area contributed by atoms with E-state index in [9.17, 15) is 0 Å². The number of nitrogens with one attached hydrogen (secondary N) is 3. The SMILES string of the molecule is CN=C(NCCNc1ncnc2c1cnn2C)NCCc1ccccn1.I. The first-order valence-corrected chi connectivity index (χ1v) is 8.49. The molecule has 144 valence electrons. The van der Waals surface area contributed by atoms with Crippen LogP contribution in [-0.2, 0) is 13.5 Å². The Kier molecular flexibility index (Phi) is 8.17. The highest BCUT2D eigenvalue weighted by molar-refractivity contribution is 14.0. The van der Waals surface area contributed by atoms with Gasteiger partial charge in [-0.15, -0.1) is 24.0 Å². The molecule has 0 aliphatic carbocycles. The fraction of sp³-hybridized carbons (Fsp3) is 0.353. The van der Waals surface area contributed by atoms with Crippen LogP contribution in [0.5, 0.6) is 0 Å². The van der Waals surface area contributed by atoms with Gasteiger partial charge in [0.2, 0.25) is 0 Å². The molecule has 0 atom stereocenters. The van der Waals surface area contributed by atoms with Crippen molar-refractivity contribution in [1.82, 2.24) is 35.4 Å². The minimum absolute atomic E-state index is 0. The molecule has 0 bridgehead atoms. The van der Waals surface area contributed by atoms with Gasteiger partial charge in [-0.25, -0.2) is 9.97 Å². The van der Waals surface area contributed by atoms with Crippen LogP contribution in [0.3, 0.4) is 0 Å². The number of pyridine rings is 1. The van der Waals surface area contributed by atoms with E-state index in [2.05, 4.69) is 41.0 Å². The third-order valence-electron chi connectivity index (χ3n) is 3.86. The van der Waals surface area contributed by atoms with E-state index in [-0.39, 0.29) is 24.0 Å². The van der Waals surface area contributed by atoms with Gasteiger partial charge in [0.25, 0.3) is 0 Å². The molecule has 0 saturated carbocycles. The zero-order chi connectivity index (χ0) is 18.2. The van der Waals surface area contributed by atoms with E-state index in [4.69, 9.17) is 0 Å². The summed E-state index contributed by atoms with van der Waals surface area (Å²) in [5, 5.41) is 15.0. The van der Waals surface area contributed by atoms with Crippen molar-refractivity contribution in [3.63, 3.8) is 0 Å². The van der Waals surface area contributed by atoms with Crippen LogP contribution < -0.4 is 16.0 Å². The minimum Gasteiger partial charge on any atom is -0.368 e. The Hall–Kier alpha value is -2.50. The molecule has 0 fully saturated rings. The molecule has 10 heteroatoms. The van der Waals surface area contributed by atoms with Crippen LogP contribution in [0.4, 0.5) is 5.82 Å². The maximum Gasteiger partial charge on any atom is 0.191 e. The largest absolute Gasteiger partial charge is 0.368 e. The fourth-order valence-corrected chi connectivity index (χ4v) is 2.54. The molecule has 0 radical (unpaired) electrons. The lowest BCUT2D eigenvalue weighted by Crippen LogP contribution is -2.40. The van der Waals surface area contributed by atoms with E-state index in [0.29, 0.717) is 13.1 Å². The summed E-state index contributed by atoms with van der Waals surface area (Å²) in [6.07, 6.45) is 5.96. The number of hydrogen-bond donors (Lipinski definition) is 3. The number of hydrogen-bond acceptors (Lipinski definition) is 6. The molecule has 3 heterocycles. The van der Waals surface area contributed by atoms with Gasteiger partial charge in [-0.05, 0) is 12.1 Å². The lowest BCUT2D eigenvalue weighted by Gasteiger charge is -2.12. The van der Waals surface area contributed by atoms with Gasteiger partial charge in [0, 0.05) is 52.0 Å². The minimum atomic E-state index is 0. The van der Waals surface area contributed by atoms with Gasteiger partial charge in [-0.2, -0.15) is 5.10 Å². The maximum atomic E-state index is 4.31. The molecule has 0 saturated heterocycles. The Labute approximate surface area is 175 Å². The summed E-state index contributed by atoms with van der Waals surface area (Å²) in [5.41, 5.74) is 1.86. The van der Waals surface area contributed by atoms with Crippen LogP contribution in [0.25, 0.3) is 11.0 Å². The Morgan fingerprint density at radius 2 is 1.96 bits per heavy atom. The van der Waals surface area contributed by atoms with Gasteiger partial charge >= 0.3 is 0 Å². The highest BCUT2D eigenvalue weighted by Crippen LogP contribution is 2.16. The van der Waals surface area contributed by atoms with E-state index in [1.165, 1.54) is 6.33 Å². The van der Waals surface area contributed by atoms with Gasteiger partial charge in [0.1, 0.15) is 12.1 Å². The number of guanidine groups is 1. The van der Waals surface area contributed by atoms with Gasteiger partial charge < -0.3 is 16.0 Å². The molecule has 0 aromatic carbocycles. The summed E-state index contributed by atoms with van der Waals surface area (Å²) in [6, 6.07) is 5.93. The predicted octanol–water partition coefficient (Wildman–Crippen LogP) is 1.20. The highest BCUT2D eigenvalue weighted by atomic mass is 127. The van der Waals surface area contributed by atoms with E-state index >= 15 is 0 Å². The number of rotatable bonds is 7. The average Bonchev–Trinajstić information content (AvgIpc) is 3.06. The molecule has 0 unspecified atom stereocenters. The molecule has 3 rings (SSSR count). The second kappa shape index (κ2) is 10.6. The lowest BCUT2D eigenvalue weighted by molar-refractivity contribution is 0.784. The summed E-state index contributed by atoms with van der Waals surface area (Å²) in [7, 11) is 3.62. The molecule has 3 aromatic rings. The second-order valence-corrected chi connectivity index (χ2v) is 5.65. The van der Waals surface area contributed by atoms with Crippen molar-refractivity contribution in [2.75, 3.05) is 32.0 Å². The Morgan fingerprint density at radius 3 is 2.74 bits per heavy atom. The zero-order valence-electron chi connectivity index (χ0n) is 15.4. The summed E-state index contributed by atoms with van der Waals surface area (Å²) < 4.78 is 1.73. The molecule has 3 aromatic heterocycles. The van der Waals surface area contributed by atoms with Crippen molar-refractivity contribution in [3.8, 4) is 0 Å². The molecule has 0 aliphatic heterocycles. The van der Waals surface area contributed by atoms with Gasteiger partial charge in [-0.1, -0.05) is 6.07 Å². The second-order valence-electron chi connectivity index (χ2n) is 5.65. The molecule has 0 aliphatic rings. The smallest absolute Gasteiger partial charge is 0.191 e. The van der Waals surface area contributed by atoms with Crippen LogP contribution in [0.1, 0.15) is 5.69 Å². The van der Waals surface area contributed by atoms with Crippen molar-refractivity contribution in [2.24, 2.45) is 12.0 Å². The summed E-state index contributed by atoms with van der Waals surface area (Å²) in [6.45, 7) is 2.17. The summed E-state index contributed by atoms with van der Waals surface area (Å²) >= 11 is 0. The topological polar surface area (TPSA) is 105 Å². The monoisotopic (exact) mass is 481 g/mol. The average molecular weight is 481 g/mol. The first kappa shape index (κ1) is 20.8. The van der Waals surface area contributed by atoms with Crippen LogP contribution in [-0.4, -0.2) is 57.4 Å². The molecule has 0 amide bonds. The Bertz CT molecular complexity index is 863. The quantitative estimate of drug-likeness (QED) is 0.202. The van der Waals surface area contributed by atoms with Crippen LogP contribution in [0.15, 0.2) is 41.9 Å². The molecule has 9 nitrogen and oxygen atoms in total. The van der Waals surface area contributed by atoms with Crippen molar-refractivity contribution in [3.05, 3.63) is 42.6 Å². The molecular formula is C17H24IN9. The molecular weight excluding hydrogens is 457 g/mol. The van der Waals surface area contributed by atoms with Crippen LogP contribution in [0.2, 0.25) is 0 Å². The first-order chi connectivity index (χ1) is 12.8. The summed E-state index contributed by atoms with van der Waals surface area (Å²) in [5.74, 6) is 1.54. The van der Waals surface area contributed by atoms with E-state index in [0.717, 1.165) is 41.5 Å². The first-order valence-electron chi connectivity index (χ1n) is 8.49. The van der Waals surface area contributed by atoms with Gasteiger partial charge in [0.05, 0.1) is 11.6 Å². The van der Waals surface area contributed by atoms with Crippen molar-refractivity contribution in [1.29, 1.82) is 0 Å². The van der Waals surface area contributed by atoms with Crippen molar-refractivity contribution in [2.45, 2.75) is 6.42 Å². The number of halogens is 1. The van der Waals surface area contributed by atoms with E-state index in [1.54, 1.807) is 24.1 Å². The zero-order valence-corrected chi connectivity index (χ0v) is 17.7. The molecule has 27 heavy (non-hydrogen) atoms. The van der Waals surface area contributed by atoms with Crippen molar-refractivity contribution >= 4 is 46.8 Å². The number of fused-ring (bicyclic) bond motifs is 1. The predicted molar refractivity (Wildman–Crippen MR) is 118 cm³/mol. The number of aryl methyl sites for hydroxylation is 1. The van der Waals surface area contributed by atoms with E-state index < -0.39 is 0 Å². The normalized spacial score (nSPS) is 11.1. The number of aromatic nitrogens is 5. The standard InChI is InChI=1S/C17H23N9.HI/c1-18-17(21-8-6-13-5-3-4-7-19-13)22-10-9-20-15-14-11-25-26(2)16(14)24-12-23-15;/h3-5,7,11-12H,6,8-10H2,1-2H3,(H2,18,21,22)(H,20,23,24);1H. The van der Waals surface area contributed by atoms with Crippen LogP contribution >= 0.6 is 24.0 Å². The Balaban J connectivity index is 0.00000261. The van der Waals surface area contributed by atoms with Gasteiger partial charge in [-0.3, -0.25) is 14.7 Å². The highest BCUT2D eigenvalue weighted by Gasteiger charge is 2.07. The number of aliphatic imine (C=N–C) groups is 1. The molecule has 3 N–H and O–H groups in total. The van der Waals surface area contributed by atoms with Crippen molar-refractivity contribution < 1.29 is 0 Å². The van der Waals surface area contributed by atoms with Gasteiger partial charge in [0.15, 0.2) is 11.6 Å². The number of anilines is 1. The Morgan fingerprint density at radius 1 is 1.11 bits per heavy atom. The lowest BCUT2D eigenvalue weighted by atomic mass is 10.3. The van der Waals surface area contributed by atoms with Crippen LogP contribution in [0, 0.1) is 0 Å². The third kappa shape index (κ3) is 5.74.